The minimum Gasteiger partial charge on any atom is -0.481 e. The van der Waals surface area contributed by atoms with Gasteiger partial charge in [0.15, 0.2) is 0 Å². The molecular weight excluding hydrogens is 324 g/mol. The fourth-order valence-corrected chi connectivity index (χ4v) is 4.39. The van der Waals surface area contributed by atoms with Crippen molar-refractivity contribution in [1.82, 2.24) is 0 Å². The maximum atomic E-state index is 14.6. The van der Waals surface area contributed by atoms with Crippen LogP contribution in [0.3, 0.4) is 0 Å². The summed E-state index contributed by atoms with van der Waals surface area (Å²) in [6, 6.07) is 3.14. The number of carboxylic acid groups (broad SMARTS) is 1. The van der Waals surface area contributed by atoms with E-state index < -0.39 is 24.0 Å². The van der Waals surface area contributed by atoms with E-state index >= 15 is 0 Å². The molecular formula is C18H25BFNO4. The van der Waals surface area contributed by atoms with Crippen LogP contribution in [0.25, 0.3) is 0 Å². The molecule has 25 heavy (non-hydrogen) atoms. The Morgan fingerprint density at radius 3 is 2.56 bits per heavy atom. The van der Waals surface area contributed by atoms with Gasteiger partial charge >= 0.3 is 13.1 Å². The van der Waals surface area contributed by atoms with E-state index in [9.17, 15) is 14.3 Å². The first-order valence-corrected chi connectivity index (χ1v) is 8.90. The quantitative estimate of drug-likeness (QED) is 0.588. The van der Waals surface area contributed by atoms with Crippen LogP contribution in [-0.2, 0) is 22.2 Å². The number of aliphatic carboxylic acids is 1. The van der Waals surface area contributed by atoms with Gasteiger partial charge in [0.25, 0.3) is 0 Å². The first-order valence-electron chi connectivity index (χ1n) is 8.90. The first-order chi connectivity index (χ1) is 11.7. The molecule has 1 fully saturated rings. The lowest BCUT2D eigenvalue weighted by atomic mass is 9.69. The Morgan fingerprint density at radius 2 is 2.04 bits per heavy atom. The third kappa shape index (κ3) is 2.98. The molecule has 0 aromatic heterocycles. The molecule has 0 bridgehead atoms. The highest BCUT2D eigenvalue weighted by Gasteiger charge is 2.50. The van der Waals surface area contributed by atoms with Gasteiger partial charge < -0.3 is 20.9 Å². The SMILES string of the molecule is C[C@@]1(C(=O)O)c2cc(C3(N)CCC3)c(F)cc2C[C@@H]1CCCB(O)O. The van der Waals surface area contributed by atoms with E-state index in [-0.39, 0.29) is 18.1 Å². The van der Waals surface area contributed by atoms with E-state index in [1.54, 1.807) is 13.0 Å². The zero-order chi connectivity index (χ0) is 18.4. The van der Waals surface area contributed by atoms with Gasteiger partial charge in [-0.15, -0.1) is 0 Å². The van der Waals surface area contributed by atoms with Crippen LogP contribution in [0.15, 0.2) is 12.1 Å². The van der Waals surface area contributed by atoms with Crippen molar-refractivity contribution in [3.05, 3.63) is 34.6 Å². The van der Waals surface area contributed by atoms with E-state index in [2.05, 4.69) is 0 Å². The molecule has 2 atom stereocenters. The van der Waals surface area contributed by atoms with Crippen molar-refractivity contribution in [3.63, 3.8) is 0 Å². The molecule has 0 heterocycles. The van der Waals surface area contributed by atoms with Crippen LogP contribution in [0, 0.1) is 11.7 Å². The molecule has 2 aliphatic rings. The average molecular weight is 349 g/mol. The Morgan fingerprint density at radius 1 is 1.36 bits per heavy atom. The molecule has 0 aliphatic heterocycles. The summed E-state index contributed by atoms with van der Waals surface area (Å²) in [5, 5.41) is 27.9. The van der Waals surface area contributed by atoms with Crippen LogP contribution in [0.4, 0.5) is 4.39 Å². The number of carboxylic acids is 1. The van der Waals surface area contributed by atoms with Crippen molar-refractivity contribution < 1.29 is 24.3 Å². The molecule has 0 radical (unpaired) electrons. The van der Waals surface area contributed by atoms with Crippen molar-refractivity contribution in [3.8, 4) is 0 Å². The zero-order valence-corrected chi connectivity index (χ0v) is 14.5. The van der Waals surface area contributed by atoms with Crippen LogP contribution in [-0.4, -0.2) is 28.2 Å². The monoisotopic (exact) mass is 349 g/mol. The predicted octanol–water partition coefficient (Wildman–Crippen LogP) is 1.93. The number of fused-ring (bicyclic) bond motifs is 1. The molecule has 5 nitrogen and oxygen atoms in total. The number of halogens is 1. The topological polar surface area (TPSA) is 104 Å². The average Bonchev–Trinajstić information content (AvgIpc) is 2.77. The van der Waals surface area contributed by atoms with Crippen LogP contribution >= 0.6 is 0 Å². The second-order valence-corrected chi connectivity index (χ2v) is 7.82. The van der Waals surface area contributed by atoms with Crippen LogP contribution < -0.4 is 5.73 Å². The van der Waals surface area contributed by atoms with Crippen molar-refractivity contribution in [2.75, 3.05) is 0 Å². The highest BCUT2D eigenvalue weighted by atomic mass is 19.1. The van der Waals surface area contributed by atoms with Gasteiger partial charge in [0, 0.05) is 11.1 Å². The summed E-state index contributed by atoms with van der Waals surface area (Å²) >= 11 is 0. The maximum Gasteiger partial charge on any atom is 0.451 e. The lowest BCUT2D eigenvalue weighted by Crippen LogP contribution is -2.44. The van der Waals surface area contributed by atoms with Gasteiger partial charge in [-0.3, -0.25) is 4.79 Å². The normalized spacial score (nSPS) is 26.8. The third-order valence-electron chi connectivity index (χ3n) is 6.28. The number of rotatable bonds is 6. The molecule has 5 N–H and O–H groups in total. The molecule has 7 heteroatoms. The number of hydrogen-bond donors (Lipinski definition) is 4. The van der Waals surface area contributed by atoms with Gasteiger partial charge in [-0.25, -0.2) is 4.39 Å². The molecule has 0 unspecified atom stereocenters. The van der Waals surface area contributed by atoms with Crippen molar-refractivity contribution >= 4 is 13.1 Å². The summed E-state index contributed by atoms with van der Waals surface area (Å²) in [5.41, 5.74) is 6.30. The highest BCUT2D eigenvalue weighted by molar-refractivity contribution is 6.40. The standard InChI is InChI=1S/C18H25BFNO4/c1-17(16(22)23)12(4-2-7-19(24)25)8-11-9-15(20)14(10-13(11)17)18(21)5-3-6-18/h9-10,12,24-25H,2-8,21H2,1H3,(H,22,23)/t12-,17-/m0/s1. The van der Waals surface area contributed by atoms with Crippen LogP contribution in [0.5, 0.6) is 0 Å². The van der Waals surface area contributed by atoms with Crippen molar-refractivity contribution in [2.24, 2.45) is 11.7 Å². The number of hydrogen-bond acceptors (Lipinski definition) is 4. The minimum absolute atomic E-state index is 0.202. The largest absolute Gasteiger partial charge is 0.481 e. The molecule has 0 spiro atoms. The van der Waals surface area contributed by atoms with Crippen LogP contribution in [0.1, 0.15) is 55.7 Å². The number of benzene rings is 1. The lowest BCUT2D eigenvalue weighted by Gasteiger charge is -2.39. The highest BCUT2D eigenvalue weighted by Crippen LogP contribution is 2.49. The Bertz CT molecular complexity index is 692. The molecule has 1 aromatic carbocycles. The Hall–Kier alpha value is -1.44. The third-order valence-corrected chi connectivity index (χ3v) is 6.28. The first kappa shape index (κ1) is 18.4. The fraction of sp³-hybridized carbons (Fsp3) is 0.611. The summed E-state index contributed by atoms with van der Waals surface area (Å²) in [5.74, 6) is -1.48. The summed E-state index contributed by atoms with van der Waals surface area (Å²) in [7, 11) is -1.39. The van der Waals surface area contributed by atoms with Crippen molar-refractivity contribution in [1.29, 1.82) is 0 Å². The molecule has 0 amide bonds. The predicted molar refractivity (Wildman–Crippen MR) is 92.5 cm³/mol. The summed E-state index contributed by atoms with van der Waals surface area (Å²) < 4.78 is 14.6. The summed E-state index contributed by atoms with van der Waals surface area (Å²) in [6.45, 7) is 1.69. The molecule has 1 aromatic rings. The minimum atomic E-state index is -1.39. The molecule has 2 aliphatic carbocycles. The van der Waals surface area contributed by atoms with Crippen LogP contribution in [0.2, 0.25) is 6.32 Å². The van der Waals surface area contributed by atoms with E-state index in [0.717, 1.165) is 12.0 Å². The second-order valence-electron chi connectivity index (χ2n) is 7.82. The zero-order valence-electron chi connectivity index (χ0n) is 14.5. The van der Waals surface area contributed by atoms with E-state index in [4.69, 9.17) is 15.8 Å². The van der Waals surface area contributed by atoms with Gasteiger partial charge in [-0.05, 0) is 74.5 Å². The number of carbonyl (C=O) groups is 1. The maximum absolute atomic E-state index is 14.6. The fourth-order valence-electron chi connectivity index (χ4n) is 4.39. The second kappa shape index (κ2) is 6.38. The lowest BCUT2D eigenvalue weighted by molar-refractivity contribution is -0.145. The van der Waals surface area contributed by atoms with E-state index in [1.807, 2.05) is 0 Å². The van der Waals surface area contributed by atoms with Gasteiger partial charge in [0.2, 0.25) is 0 Å². The van der Waals surface area contributed by atoms with E-state index in [1.165, 1.54) is 6.07 Å². The van der Waals surface area contributed by atoms with Gasteiger partial charge in [-0.2, -0.15) is 0 Å². The number of nitrogens with two attached hydrogens (primary N) is 1. The van der Waals surface area contributed by atoms with Gasteiger partial charge in [0.1, 0.15) is 5.82 Å². The Kier molecular flexibility index (Phi) is 4.68. The molecule has 3 rings (SSSR count). The Balaban J connectivity index is 1.95. The van der Waals surface area contributed by atoms with Gasteiger partial charge in [0.05, 0.1) is 5.41 Å². The molecule has 0 saturated heterocycles. The summed E-state index contributed by atoms with van der Waals surface area (Å²) in [4.78, 5) is 12.1. The van der Waals surface area contributed by atoms with Crippen molar-refractivity contribution in [2.45, 2.75) is 62.7 Å². The molecule has 136 valence electrons. The smallest absolute Gasteiger partial charge is 0.451 e. The van der Waals surface area contributed by atoms with Gasteiger partial charge in [-0.1, -0.05) is 6.42 Å². The Labute approximate surface area is 147 Å². The van der Waals surface area contributed by atoms with E-state index in [0.29, 0.717) is 43.2 Å². The summed E-state index contributed by atoms with van der Waals surface area (Å²) in [6.07, 6.45) is 4.11. The molecule has 1 saturated carbocycles.